The van der Waals surface area contributed by atoms with Crippen molar-refractivity contribution in [1.29, 1.82) is 0 Å². The summed E-state index contributed by atoms with van der Waals surface area (Å²) in [5.74, 6) is 0.0768. The molecule has 23 heavy (non-hydrogen) atoms. The summed E-state index contributed by atoms with van der Waals surface area (Å²) in [5.41, 5.74) is 0.200. The number of ether oxygens (including phenoxy) is 2. The molecule has 0 spiro atoms. The molecule has 0 saturated carbocycles. The molecular weight excluding hydrogens is 302 g/mol. The fourth-order valence-corrected chi connectivity index (χ4v) is 1.83. The van der Waals surface area contributed by atoms with E-state index in [4.69, 9.17) is 9.47 Å². The van der Waals surface area contributed by atoms with Gasteiger partial charge in [-0.25, -0.2) is 0 Å². The number of para-hydroxylation sites is 1. The zero-order chi connectivity index (χ0) is 16.7. The number of carbonyl (C=O) groups is 1. The molecule has 0 aromatic heterocycles. The lowest BCUT2D eigenvalue weighted by Crippen LogP contribution is -2.13. The van der Waals surface area contributed by atoms with Crippen molar-refractivity contribution in [3.05, 3.63) is 64.2 Å². The number of carbonyl (C=O) groups excluding carboxylic acids is 1. The summed E-state index contributed by atoms with van der Waals surface area (Å²) in [4.78, 5) is 21.8. The van der Waals surface area contributed by atoms with E-state index < -0.39 is 4.92 Å². The van der Waals surface area contributed by atoms with Gasteiger partial charge in [0.25, 0.3) is 5.69 Å². The molecule has 0 bridgehead atoms. The maximum Gasteiger partial charge on any atom is 0.269 e. The molecule has 0 aliphatic heterocycles. The van der Waals surface area contributed by atoms with Gasteiger partial charge in [-0.2, -0.15) is 0 Å². The molecule has 120 valence electrons. The largest absolute Gasteiger partial charge is 0.507 e. The second-order valence-corrected chi connectivity index (χ2v) is 4.59. The molecule has 1 N–H and O–H groups in total. The van der Waals surface area contributed by atoms with Crippen LogP contribution < -0.4 is 4.74 Å². The monoisotopic (exact) mass is 317 g/mol. The van der Waals surface area contributed by atoms with Gasteiger partial charge >= 0.3 is 0 Å². The Morgan fingerprint density at radius 2 is 1.78 bits per heavy atom. The molecule has 0 atom stereocenters. The van der Waals surface area contributed by atoms with Crippen molar-refractivity contribution in [2.75, 3.05) is 19.8 Å². The van der Waals surface area contributed by atoms with Gasteiger partial charge in [0.05, 0.1) is 17.1 Å². The van der Waals surface area contributed by atoms with Crippen LogP contribution >= 0.6 is 0 Å². The van der Waals surface area contributed by atoms with Crippen LogP contribution in [0.15, 0.2) is 48.5 Å². The van der Waals surface area contributed by atoms with Crippen LogP contribution in [-0.2, 0) is 4.74 Å². The van der Waals surface area contributed by atoms with Crippen molar-refractivity contribution in [1.82, 2.24) is 0 Å². The first-order valence-electron chi connectivity index (χ1n) is 6.84. The van der Waals surface area contributed by atoms with Crippen molar-refractivity contribution in [2.24, 2.45) is 0 Å². The van der Waals surface area contributed by atoms with Crippen LogP contribution in [0.2, 0.25) is 0 Å². The van der Waals surface area contributed by atoms with E-state index in [1.807, 2.05) is 0 Å². The number of ketones is 1. The van der Waals surface area contributed by atoms with E-state index in [9.17, 15) is 20.0 Å². The van der Waals surface area contributed by atoms with E-state index in [2.05, 4.69) is 0 Å². The SMILES string of the molecule is O=C(COCCOc1ccc([N+](=O)[O-])cc1)c1ccccc1O. The standard InChI is InChI=1S/C16H15NO6/c18-15-4-2-1-3-14(15)16(19)11-22-9-10-23-13-7-5-12(6-8-13)17(20)21/h1-8,18H,9-11H2. The Balaban J connectivity index is 1.70. The second kappa shape index (κ2) is 7.90. The summed E-state index contributed by atoms with van der Waals surface area (Å²) in [6.07, 6.45) is 0. The predicted octanol–water partition coefficient (Wildman–Crippen LogP) is 2.58. The number of benzene rings is 2. The third kappa shape index (κ3) is 4.79. The smallest absolute Gasteiger partial charge is 0.269 e. The van der Waals surface area contributed by atoms with Gasteiger partial charge in [0.15, 0.2) is 5.78 Å². The Morgan fingerprint density at radius 3 is 2.43 bits per heavy atom. The second-order valence-electron chi connectivity index (χ2n) is 4.59. The summed E-state index contributed by atoms with van der Waals surface area (Å²) in [6.45, 7) is 0.212. The molecule has 0 amide bonds. The van der Waals surface area contributed by atoms with E-state index in [0.717, 1.165) is 0 Å². The highest BCUT2D eigenvalue weighted by Crippen LogP contribution is 2.17. The molecule has 0 fully saturated rings. The molecule has 2 aromatic carbocycles. The van der Waals surface area contributed by atoms with Crippen molar-refractivity contribution in [3.8, 4) is 11.5 Å². The lowest BCUT2D eigenvalue weighted by Gasteiger charge is -2.07. The highest BCUT2D eigenvalue weighted by Gasteiger charge is 2.10. The summed E-state index contributed by atoms with van der Waals surface area (Å²) in [5, 5.41) is 20.1. The first-order chi connectivity index (χ1) is 11.1. The Labute approximate surface area is 132 Å². The molecule has 0 heterocycles. The Morgan fingerprint density at radius 1 is 1.09 bits per heavy atom. The fraction of sp³-hybridized carbons (Fsp3) is 0.188. The van der Waals surface area contributed by atoms with Gasteiger partial charge in [-0.15, -0.1) is 0 Å². The first-order valence-corrected chi connectivity index (χ1v) is 6.84. The van der Waals surface area contributed by atoms with Crippen LogP contribution in [0.4, 0.5) is 5.69 Å². The fourth-order valence-electron chi connectivity index (χ4n) is 1.83. The molecule has 7 heteroatoms. The topological polar surface area (TPSA) is 98.9 Å². The Bertz CT molecular complexity index is 683. The number of hydrogen-bond acceptors (Lipinski definition) is 6. The lowest BCUT2D eigenvalue weighted by atomic mass is 10.1. The van der Waals surface area contributed by atoms with Crippen LogP contribution in [0.25, 0.3) is 0 Å². The number of Topliss-reactive ketones (excluding diaryl/α,β-unsaturated/α-hetero) is 1. The normalized spacial score (nSPS) is 10.3. The molecule has 2 rings (SSSR count). The highest BCUT2D eigenvalue weighted by molar-refractivity contribution is 5.99. The van der Waals surface area contributed by atoms with Gasteiger partial charge in [-0.1, -0.05) is 12.1 Å². The van der Waals surface area contributed by atoms with Crippen molar-refractivity contribution in [3.63, 3.8) is 0 Å². The van der Waals surface area contributed by atoms with Gasteiger partial charge < -0.3 is 14.6 Å². The van der Waals surface area contributed by atoms with E-state index >= 15 is 0 Å². The van der Waals surface area contributed by atoms with Gasteiger partial charge in [-0.05, 0) is 24.3 Å². The molecule has 0 aliphatic carbocycles. The average molecular weight is 317 g/mol. The summed E-state index contributed by atoms with van der Waals surface area (Å²) in [6, 6.07) is 11.9. The number of aromatic hydroxyl groups is 1. The van der Waals surface area contributed by atoms with Crippen molar-refractivity contribution in [2.45, 2.75) is 0 Å². The minimum absolute atomic E-state index is 0.0122. The number of nitro benzene ring substituents is 1. The summed E-state index contributed by atoms with van der Waals surface area (Å²) >= 11 is 0. The van der Waals surface area contributed by atoms with E-state index in [1.54, 1.807) is 12.1 Å². The molecule has 2 aromatic rings. The van der Waals surface area contributed by atoms with E-state index in [1.165, 1.54) is 36.4 Å². The van der Waals surface area contributed by atoms with Crippen molar-refractivity contribution < 1.29 is 24.3 Å². The zero-order valence-corrected chi connectivity index (χ0v) is 12.2. The maximum absolute atomic E-state index is 11.8. The molecule has 7 nitrogen and oxygen atoms in total. The molecule has 0 radical (unpaired) electrons. The number of non-ortho nitro benzene ring substituents is 1. The van der Waals surface area contributed by atoms with E-state index in [0.29, 0.717) is 5.75 Å². The van der Waals surface area contributed by atoms with Crippen LogP contribution in [0.5, 0.6) is 11.5 Å². The van der Waals surface area contributed by atoms with Crippen molar-refractivity contribution >= 4 is 11.5 Å². The molecular formula is C16H15NO6. The first kappa shape index (κ1) is 16.4. The third-order valence-electron chi connectivity index (χ3n) is 2.98. The zero-order valence-electron chi connectivity index (χ0n) is 12.2. The van der Waals surface area contributed by atoms with Crippen LogP contribution in [0, 0.1) is 10.1 Å². The number of phenols is 1. The molecule has 0 unspecified atom stereocenters. The van der Waals surface area contributed by atoms with Gasteiger partial charge in [0, 0.05) is 12.1 Å². The van der Waals surface area contributed by atoms with Gasteiger partial charge in [0.1, 0.15) is 24.7 Å². The predicted molar refractivity (Wildman–Crippen MR) is 81.8 cm³/mol. The van der Waals surface area contributed by atoms with Gasteiger partial charge in [-0.3, -0.25) is 14.9 Å². The van der Waals surface area contributed by atoms with Crippen LogP contribution in [-0.4, -0.2) is 35.6 Å². The molecule has 0 aliphatic rings. The minimum atomic E-state index is -0.489. The van der Waals surface area contributed by atoms with Gasteiger partial charge in [0.2, 0.25) is 0 Å². The number of phenolic OH excluding ortho intramolecular Hbond substituents is 1. The third-order valence-corrected chi connectivity index (χ3v) is 2.98. The summed E-state index contributed by atoms with van der Waals surface area (Å²) in [7, 11) is 0. The quantitative estimate of drug-likeness (QED) is 0.348. The maximum atomic E-state index is 11.8. The van der Waals surface area contributed by atoms with Crippen LogP contribution in [0.3, 0.4) is 0 Å². The summed E-state index contributed by atoms with van der Waals surface area (Å²) < 4.78 is 10.5. The number of hydrogen-bond donors (Lipinski definition) is 1. The van der Waals surface area contributed by atoms with E-state index in [-0.39, 0.29) is 42.6 Å². The number of nitrogens with zero attached hydrogens (tertiary/aromatic N) is 1. The average Bonchev–Trinajstić information content (AvgIpc) is 2.55. The Kier molecular flexibility index (Phi) is 5.65. The Hall–Kier alpha value is -2.93. The van der Waals surface area contributed by atoms with Crippen LogP contribution in [0.1, 0.15) is 10.4 Å². The number of nitro groups is 1. The number of rotatable bonds is 8. The highest BCUT2D eigenvalue weighted by atomic mass is 16.6. The molecule has 0 saturated heterocycles. The lowest BCUT2D eigenvalue weighted by molar-refractivity contribution is -0.384. The minimum Gasteiger partial charge on any atom is -0.507 e.